The summed E-state index contributed by atoms with van der Waals surface area (Å²) >= 11 is 0. The number of fused-ring (bicyclic) bond motifs is 1. The van der Waals surface area contributed by atoms with Gasteiger partial charge in [0.15, 0.2) is 6.10 Å². The Kier molecular flexibility index (Phi) is 6.12. The molecule has 1 aromatic rings. The first-order valence-corrected chi connectivity index (χ1v) is 9.81. The molecule has 1 fully saturated rings. The Morgan fingerprint density at radius 1 is 1.27 bits per heavy atom. The first-order chi connectivity index (χ1) is 14.1. The van der Waals surface area contributed by atoms with Crippen molar-refractivity contribution in [2.75, 3.05) is 24.6 Å². The van der Waals surface area contributed by atoms with Crippen molar-refractivity contribution in [2.24, 2.45) is 0 Å². The number of anilines is 1. The van der Waals surface area contributed by atoms with Gasteiger partial charge in [0, 0.05) is 31.3 Å². The minimum Gasteiger partial charge on any atom is -0.457 e. The Morgan fingerprint density at radius 3 is 2.67 bits per heavy atom. The van der Waals surface area contributed by atoms with Crippen molar-refractivity contribution in [1.29, 1.82) is 0 Å². The molecule has 9 heteroatoms. The van der Waals surface area contributed by atoms with Crippen LogP contribution in [0.1, 0.15) is 43.6 Å². The number of hydrogen-bond acceptors (Lipinski definition) is 7. The lowest BCUT2D eigenvalue weighted by atomic mass is 9.99. The summed E-state index contributed by atoms with van der Waals surface area (Å²) < 4.78 is 16.0. The van der Waals surface area contributed by atoms with Gasteiger partial charge in [-0.15, -0.1) is 0 Å². The molecule has 1 N–H and O–H groups in total. The first-order valence-electron chi connectivity index (χ1n) is 9.81. The van der Waals surface area contributed by atoms with Gasteiger partial charge in [-0.2, -0.15) is 0 Å². The summed E-state index contributed by atoms with van der Waals surface area (Å²) in [5, 5.41) is 2.78. The van der Waals surface area contributed by atoms with Crippen LogP contribution in [0, 0.1) is 0 Å². The van der Waals surface area contributed by atoms with Crippen molar-refractivity contribution in [3.05, 3.63) is 29.3 Å². The molecule has 9 nitrogen and oxygen atoms in total. The van der Waals surface area contributed by atoms with Gasteiger partial charge >= 0.3 is 11.9 Å². The van der Waals surface area contributed by atoms with Crippen molar-refractivity contribution in [2.45, 2.75) is 51.9 Å². The number of carbonyl (C=O) groups is 4. The average molecular weight is 418 g/mol. The predicted molar refractivity (Wildman–Crippen MR) is 106 cm³/mol. The SMILES string of the molecule is CC(=O)O[C@@H](C(=O)OC(C)(C)C)[C@H]1OCCN(c2ccc3c(c2)CCNC3=O)C1=O. The zero-order chi connectivity index (χ0) is 22.1. The Hall–Kier alpha value is -2.94. The van der Waals surface area contributed by atoms with E-state index in [1.807, 2.05) is 0 Å². The fourth-order valence-corrected chi connectivity index (χ4v) is 3.43. The van der Waals surface area contributed by atoms with Gasteiger partial charge in [-0.1, -0.05) is 0 Å². The van der Waals surface area contributed by atoms with E-state index in [1.165, 1.54) is 4.90 Å². The van der Waals surface area contributed by atoms with Crippen LogP contribution in [0.5, 0.6) is 0 Å². The molecule has 0 saturated carbocycles. The number of carbonyl (C=O) groups excluding carboxylic acids is 4. The minimum atomic E-state index is -1.51. The second-order valence-corrected chi connectivity index (χ2v) is 8.19. The van der Waals surface area contributed by atoms with Crippen LogP contribution < -0.4 is 10.2 Å². The molecular formula is C21H26N2O7. The zero-order valence-corrected chi connectivity index (χ0v) is 17.5. The number of nitrogens with zero attached hydrogens (tertiary/aromatic N) is 1. The Balaban J connectivity index is 1.86. The first kappa shape index (κ1) is 21.8. The van der Waals surface area contributed by atoms with Gasteiger partial charge in [0.2, 0.25) is 6.10 Å². The van der Waals surface area contributed by atoms with E-state index in [0.29, 0.717) is 24.2 Å². The minimum absolute atomic E-state index is 0.145. The highest BCUT2D eigenvalue weighted by molar-refractivity contribution is 6.02. The van der Waals surface area contributed by atoms with Gasteiger partial charge in [-0.3, -0.25) is 14.4 Å². The highest BCUT2D eigenvalue weighted by Gasteiger charge is 2.44. The predicted octanol–water partition coefficient (Wildman–Crippen LogP) is 0.978. The summed E-state index contributed by atoms with van der Waals surface area (Å²) in [4.78, 5) is 50.8. The van der Waals surface area contributed by atoms with Crippen molar-refractivity contribution in [3.8, 4) is 0 Å². The number of hydrogen-bond donors (Lipinski definition) is 1. The van der Waals surface area contributed by atoms with Gasteiger partial charge in [0.1, 0.15) is 5.60 Å². The summed E-state index contributed by atoms with van der Waals surface area (Å²) in [6.45, 7) is 7.12. The monoisotopic (exact) mass is 418 g/mol. The number of morpholine rings is 1. The summed E-state index contributed by atoms with van der Waals surface area (Å²) in [6.07, 6.45) is -2.18. The molecule has 2 aliphatic heterocycles. The van der Waals surface area contributed by atoms with Crippen LogP contribution in [0.3, 0.4) is 0 Å². The second-order valence-electron chi connectivity index (χ2n) is 8.19. The third-order valence-electron chi connectivity index (χ3n) is 4.65. The lowest BCUT2D eigenvalue weighted by molar-refractivity contribution is -0.188. The molecule has 2 heterocycles. The molecule has 0 aliphatic carbocycles. The molecule has 0 aromatic heterocycles. The zero-order valence-electron chi connectivity index (χ0n) is 17.5. The standard InChI is InChI=1S/C21H26N2O7/c1-12(24)29-17(20(27)30-21(2,3)4)16-19(26)23(9-10-28-16)14-5-6-15-13(11-14)7-8-22-18(15)25/h5-6,11,16-17H,7-10H2,1-4H3,(H,22,25)/t16-,17-/m1/s1. The molecule has 1 aromatic carbocycles. The third-order valence-corrected chi connectivity index (χ3v) is 4.65. The Morgan fingerprint density at radius 2 is 2.00 bits per heavy atom. The molecule has 0 unspecified atom stereocenters. The maximum absolute atomic E-state index is 13.2. The fraction of sp³-hybridized carbons (Fsp3) is 0.524. The smallest absolute Gasteiger partial charge is 0.351 e. The van der Waals surface area contributed by atoms with E-state index >= 15 is 0 Å². The van der Waals surface area contributed by atoms with Gasteiger partial charge in [-0.25, -0.2) is 4.79 Å². The Bertz CT molecular complexity index is 875. The number of rotatable bonds is 4. The lowest BCUT2D eigenvalue weighted by Crippen LogP contribution is -2.56. The van der Waals surface area contributed by atoms with Crippen LogP contribution in [0.4, 0.5) is 5.69 Å². The third kappa shape index (κ3) is 4.79. The molecule has 2 atom stereocenters. The van der Waals surface area contributed by atoms with Gasteiger partial charge in [-0.05, 0) is 51.0 Å². The summed E-state index contributed by atoms with van der Waals surface area (Å²) in [5.74, 6) is -2.23. The molecule has 162 valence electrons. The summed E-state index contributed by atoms with van der Waals surface area (Å²) in [5.41, 5.74) is 1.18. The van der Waals surface area contributed by atoms with Crippen molar-refractivity contribution in [1.82, 2.24) is 5.32 Å². The Labute approximate surface area is 174 Å². The average Bonchev–Trinajstić information content (AvgIpc) is 2.65. The number of benzene rings is 1. The van der Waals surface area contributed by atoms with Crippen LogP contribution in [0.15, 0.2) is 18.2 Å². The molecule has 2 aliphatic rings. The quantitative estimate of drug-likeness (QED) is 0.726. The molecule has 0 bridgehead atoms. The van der Waals surface area contributed by atoms with Gasteiger partial charge in [0.25, 0.3) is 11.8 Å². The van der Waals surface area contributed by atoms with Crippen molar-refractivity contribution >= 4 is 29.4 Å². The highest BCUT2D eigenvalue weighted by atomic mass is 16.6. The van der Waals surface area contributed by atoms with Gasteiger partial charge < -0.3 is 24.4 Å². The van der Waals surface area contributed by atoms with Crippen LogP contribution in [0.25, 0.3) is 0 Å². The molecular weight excluding hydrogens is 392 g/mol. The molecule has 30 heavy (non-hydrogen) atoms. The van der Waals surface area contributed by atoms with E-state index < -0.39 is 35.7 Å². The van der Waals surface area contributed by atoms with E-state index in [2.05, 4.69) is 5.32 Å². The maximum atomic E-state index is 13.2. The molecule has 0 radical (unpaired) electrons. The largest absolute Gasteiger partial charge is 0.457 e. The van der Waals surface area contributed by atoms with Crippen LogP contribution in [-0.2, 0) is 35.0 Å². The summed E-state index contributed by atoms with van der Waals surface area (Å²) in [6, 6.07) is 5.15. The lowest BCUT2D eigenvalue weighted by Gasteiger charge is -2.36. The fourth-order valence-electron chi connectivity index (χ4n) is 3.43. The molecule has 3 rings (SSSR count). The van der Waals surface area contributed by atoms with Crippen LogP contribution in [0.2, 0.25) is 0 Å². The van der Waals surface area contributed by atoms with E-state index in [-0.39, 0.29) is 19.1 Å². The molecule has 1 saturated heterocycles. The van der Waals surface area contributed by atoms with E-state index in [1.54, 1.807) is 39.0 Å². The molecule has 2 amide bonds. The van der Waals surface area contributed by atoms with Gasteiger partial charge in [0.05, 0.1) is 6.61 Å². The number of nitrogens with one attached hydrogen (secondary N) is 1. The summed E-state index contributed by atoms with van der Waals surface area (Å²) in [7, 11) is 0. The normalized spacial score (nSPS) is 20.1. The molecule has 0 spiro atoms. The number of amides is 2. The van der Waals surface area contributed by atoms with Crippen LogP contribution in [-0.4, -0.2) is 61.3 Å². The van der Waals surface area contributed by atoms with E-state index in [0.717, 1.165) is 12.5 Å². The van der Waals surface area contributed by atoms with Crippen LogP contribution >= 0.6 is 0 Å². The second kappa shape index (κ2) is 8.43. The van der Waals surface area contributed by atoms with Crippen molar-refractivity contribution in [3.63, 3.8) is 0 Å². The van der Waals surface area contributed by atoms with E-state index in [4.69, 9.17) is 14.2 Å². The maximum Gasteiger partial charge on any atom is 0.351 e. The number of ether oxygens (including phenoxy) is 3. The number of esters is 2. The highest BCUT2D eigenvalue weighted by Crippen LogP contribution is 2.26. The topological polar surface area (TPSA) is 111 Å². The van der Waals surface area contributed by atoms with E-state index in [9.17, 15) is 19.2 Å². The van der Waals surface area contributed by atoms with Crippen molar-refractivity contribution < 1.29 is 33.4 Å².